The number of hydrogen-bond donors (Lipinski definition) is 1. The van der Waals surface area contributed by atoms with Crippen LogP contribution in [0.25, 0.3) is 0 Å². The van der Waals surface area contributed by atoms with E-state index in [4.69, 9.17) is 23.2 Å². The summed E-state index contributed by atoms with van der Waals surface area (Å²) in [6, 6.07) is 12.8. The molecule has 0 spiro atoms. The lowest BCUT2D eigenvalue weighted by atomic mass is 9.97. The molecular weight excluding hydrogens is 555 g/mol. The van der Waals surface area contributed by atoms with E-state index in [1.165, 1.54) is 4.31 Å². The molecule has 1 N–H and O–H groups in total. The quantitative estimate of drug-likeness (QED) is 0.407. The maximum atomic E-state index is 12.7. The first kappa shape index (κ1) is 25.8. The number of amides is 1. The number of halogens is 3. The molecule has 1 saturated heterocycles. The fraction of sp³-hybridized carbons (Fsp3) is 0.409. The Morgan fingerprint density at radius 3 is 2.59 bits per heavy atom. The maximum Gasteiger partial charge on any atom is 0.223 e. The van der Waals surface area contributed by atoms with E-state index >= 15 is 0 Å². The van der Waals surface area contributed by atoms with Gasteiger partial charge in [-0.2, -0.15) is 11.8 Å². The molecule has 1 fully saturated rings. The summed E-state index contributed by atoms with van der Waals surface area (Å²) >= 11 is 17.1. The molecule has 2 aromatic carbocycles. The SMILES string of the molecule is O=C(NCCSCc1ccc(Cl)cc1Cl)C1CCN(S(=O)(=O)Cc2cccc(Br)c2)CC1. The normalized spacial score (nSPS) is 15.6. The molecule has 0 unspecified atom stereocenters. The van der Waals surface area contributed by atoms with Gasteiger partial charge in [0.2, 0.25) is 15.9 Å². The van der Waals surface area contributed by atoms with Gasteiger partial charge in [-0.1, -0.05) is 57.3 Å². The van der Waals surface area contributed by atoms with Crippen molar-refractivity contribution in [1.82, 2.24) is 9.62 Å². The van der Waals surface area contributed by atoms with Gasteiger partial charge < -0.3 is 5.32 Å². The van der Waals surface area contributed by atoms with Crippen molar-refractivity contribution in [2.45, 2.75) is 24.3 Å². The molecule has 1 aliphatic heterocycles. The first-order valence-corrected chi connectivity index (χ1v) is 14.6. The highest BCUT2D eigenvalue weighted by Gasteiger charge is 2.31. The van der Waals surface area contributed by atoms with Crippen molar-refractivity contribution in [3.63, 3.8) is 0 Å². The highest BCUT2D eigenvalue weighted by molar-refractivity contribution is 9.10. The topological polar surface area (TPSA) is 66.5 Å². The van der Waals surface area contributed by atoms with E-state index in [2.05, 4.69) is 21.2 Å². The molecule has 3 rings (SSSR count). The molecule has 0 radical (unpaired) electrons. The number of nitrogens with one attached hydrogen (secondary N) is 1. The van der Waals surface area contributed by atoms with Crippen LogP contribution in [0.4, 0.5) is 0 Å². The van der Waals surface area contributed by atoms with Crippen molar-refractivity contribution in [1.29, 1.82) is 0 Å². The Balaban J connectivity index is 1.37. The van der Waals surface area contributed by atoms with Crippen molar-refractivity contribution in [3.8, 4) is 0 Å². The van der Waals surface area contributed by atoms with Crippen molar-refractivity contribution in [2.75, 3.05) is 25.4 Å². The first-order valence-electron chi connectivity index (χ1n) is 10.3. The third-order valence-electron chi connectivity index (χ3n) is 5.27. The van der Waals surface area contributed by atoms with Crippen molar-refractivity contribution >= 4 is 66.8 Å². The van der Waals surface area contributed by atoms with Crippen LogP contribution in [-0.4, -0.2) is 44.0 Å². The van der Waals surface area contributed by atoms with Gasteiger partial charge >= 0.3 is 0 Å². The summed E-state index contributed by atoms with van der Waals surface area (Å²) in [6.45, 7) is 1.31. The molecule has 0 saturated carbocycles. The van der Waals surface area contributed by atoms with Gasteiger partial charge in [-0.05, 0) is 48.2 Å². The second-order valence-corrected chi connectivity index (χ2v) is 12.5. The van der Waals surface area contributed by atoms with Crippen molar-refractivity contribution < 1.29 is 13.2 Å². The fourth-order valence-corrected chi connectivity index (χ4v) is 6.95. The smallest absolute Gasteiger partial charge is 0.223 e. The summed E-state index contributed by atoms with van der Waals surface area (Å²) in [7, 11) is -3.40. The second-order valence-electron chi connectivity index (χ2n) is 7.64. The molecule has 0 atom stereocenters. The standard InChI is InChI=1S/C22H25BrCl2N2O3S2/c23-19-3-1-2-16(12-19)15-32(29,30)27-9-6-17(7-10-27)22(28)26-8-11-31-14-18-4-5-20(24)13-21(18)25/h1-5,12-13,17H,6-11,14-15H2,(H,26,28). The van der Waals surface area contributed by atoms with Gasteiger partial charge in [0, 0.05) is 51.6 Å². The largest absolute Gasteiger partial charge is 0.355 e. The summed E-state index contributed by atoms with van der Waals surface area (Å²) in [5.41, 5.74) is 1.76. The van der Waals surface area contributed by atoms with Crippen LogP contribution in [0.2, 0.25) is 10.0 Å². The fourth-order valence-electron chi connectivity index (χ4n) is 3.54. The van der Waals surface area contributed by atoms with E-state index in [9.17, 15) is 13.2 Å². The van der Waals surface area contributed by atoms with Gasteiger partial charge in [-0.15, -0.1) is 0 Å². The molecule has 2 aromatic rings. The number of rotatable bonds is 9. The van der Waals surface area contributed by atoms with E-state index < -0.39 is 10.0 Å². The number of carbonyl (C=O) groups excluding carboxylic acids is 1. The van der Waals surface area contributed by atoms with E-state index in [1.54, 1.807) is 23.9 Å². The highest BCUT2D eigenvalue weighted by Crippen LogP contribution is 2.25. The van der Waals surface area contributed by atoms with Crippen LogP contribution in [0.1, 0.15) is 24.0 Å². The van der Waals surface area contributed by atoms with Crippen LogP contribution in [0.5, 0.6) is 0 Å². The lowest BCUT2D eigenvalue weighted by Crippen LogP contribution is -2.43. The van der Waals surface area contributed by atoms with Crippen LogP contribution in [0, 0.1) is 5.92 Å². The van der Waals surface area contributed by atoms with Crippen LogP contribution < -0.4 is 5.32 Å². The average molecular weight is 580 g/mol. The van der Waals surface area contributed by atoms with E-state index in [-0.39, 0.29) is 17.6 Å². The van der Waals surface area contributed by atoms with Crippen LogP contribution >= 0.6 is 50.9 Å². The Labute approximate surface area is 212 Å². The molecule has 0 bridgehead atoms. The van der Waals surface area contributed by atoms with Crippen molar-refractivity contribution in [2.24, 2.45) is 5.92 Å². The first-order chi connectivity index (χ1) is 15.2. The minimum Gasteiger partial charge on any atom is -0.355 e. The van der Waals surface area contributed by atoms with E-state index in [0.717, 1.165) is 27.1 Å². The molecule has 1 heterocycles. The Kier molecular flexibility index (Phi) is 9.76. The number of nitrogens with zero attached hydrogens (tertiary/aromatic N) is 1. The van der Waals surface area contributed by atoms with Gasteiger partial charge in [0.05, 0.1) is 5.75 Å². The molecule has 32 heavy (non-hydrogen) atoms. The van der Waals surface area contributed by atoms with Crippen LogP contribution in [0.3, 0.4) is 0 Å². The molecule has 0 aromatic heterocycles. The summed E-state index contributed by atoms with van der Waals surface area (Å²) in [5, 5.41) is 4.24. The minimum absolute atomic E-state index is 0.000775. The Bertz CT molecular complexity index is 1050. The average Bonchev–Trinajstić information content (AvgIpc) is 2.74. The molecule has 10 heteroatoms. The number of sulfonamides is 1. The summed E-state index contributed by atoms with van der Waals surface area (Å²) in [5.74, 6) is 1.34. The van der Waals surface area contributed by atoms with E-state index in [1.807, 2.05) is 30.3 Å². The second kappa shape index (κ2) is 12.1. The Morgan fingerprint density at radius 1 is 1.16 bits per heavy atom. The zero-order valence-corrected chi connectivity index (χ0v) is 22.1. The number of piperidine rings is 1. The van der Waals surface area contributed by atoms with Crippen LogP contribution in [0.15, 0.2) is 46.9 Å². The Hall–Kier alpha value is -0.770. The maximum absolute atomic E-state index is 12.7. The third kappa shape index (κ3) is 7.64. The van der Waals surface area contributed by atoms with Gasteiger partial charge in [-0.3, -0.25) is 4.79 Å². The van der Waals surface area contributed by atoms with Gasteiger partial charge in [0.25, 0.3) is 0 Å². The molecule has 1 amide bonds. The summed E-state index contributed by atoms with van der Waals surface area (Å²) < 4.78 is 27.8. The number of hydrogen-bond acceptors (Lipinski definition) is 4. The molecule has 174 valence electrons. The third-order valence-corrected chi connectivity index (χ3v) is 9.21. The van der Waals surface area contributed by atoms with Crippen molar-refractivity contribution in [3.05, 3.63) is 68.1 Å². The van der Waals surface area contributed by atoms with Gasteiger partial charge in [0.15, 0.2) is 0 Å². The van der Waals surface area contributed by atoms with Crippen LogP contribution in [-0.2, 0) is 26.3 Å². The zero-order chi connectivity index (χ0) is 23.1. The molecule has 5 nitrogen and oxygen atoms in total. The Morgan fingerprint density at radius 2 is 1.91 bits per heavy atom. The number of thioether (sulfide) groups is 1. The van der Waals surface area contributed by atoms with Gasteiger partial charge in [-0.25, -0.2) is 12.7 Å². The molecule has 1 aliphatic rings. The lowest BCUT2D eigenvalue weighted by molar-refractivity contribution is -0.125. The molecular formula is C22H25BrCl2N2O3S2. The minimum atomic E-state index is -3.40. The van der Waals surface area contributed by atoms with E-state index in [0.29, 0.717) is 42.5 Å². The predicted octanol–water partition coefficient (Wildman–Crippen LogP) is 5.35. The highest BCUT2D eigenvalue weighted by atomic mass is 79.9. The molecule has 0 aliphatic carbocycles. The van der Waals surface area contributed by atoms with Gasteiger partial charge in [0.1, 0.15) is 0 Å². The summed E-state index contributed by atoms with van der Waals surface area (Å²) in [4.78, 5) is 12.5. The monoisotopic (exact) mass is 578 g/mol. The number of carbonyl (C=O) groups is 1. The summed E-state index contributed by atoms with van der Waals surface area (Å²) in [6.07, 6.45) is 1.08. The number of benzene rings is 2. The lowest BCUT2D eigenvalue weighted by Gasteiger charge is -2.30. The zero-order valence-electron chi connectivity index (χ0n) is 17.4. The predicted molar refractivity (Wildman–Crippen MR) is 137 cm³/mol.